The summed E-state index contributed by atoms with van der Waals surface area (Å²) in [5, 5.41) is 0. The van der Waals surface area contributed by atoms with Crippen molar-refractivity contribution in [2.75, 3.05) is 6.61 Å². The summed E-state index contributed by atoms with van der Waals surface area (Å²) in [6.07, 6.45) is 2.99. The van der Waals surface area contributed by atoms with Gasteiger partial charge < -0.3 is 10.5 Å². The number of benzene rings is 1. The molecule has 1 aliphatic heterocycles. The number of ether oxygens (including phenoxy) is 1. The van der Waals surface area contributed by atoms with Crippen LogP contribution in [-0.2, 0) is 4.74 Å². The Kier molecular flexibility index (Phi) is 3.95. The molecule has 0 aromatic heterocycles. The van der Waals surface area contributed by atoms with E-state index in [0.29, 0.717) is 16.5 Å². The number of hydrogen-bond acceptors (Lipinski definition) is 2. The van der Waals surface area contributed by atoms with E-state index in [1.165, 1.54) is 0 Å². The van der Waals surface area contributed by atoms with Gasteiger partial charge in [0.1, 0.15) is 5.82 Å². The molecule has 2 unspecified atom stereocenters. The topological polar surface area (TPSA) is 35.2 Å². The van der Waals surface area contributed by atoms with Gasteiger partial charge in [-0.25, -0.2) is 4.39 Å². The fourth-order valence-electron chi connectivity index (χ4n) is 2.05. The highest BCUT2D eigenvalue weighted by Gasteiger charge is 2.21. The van der Waals surface area contributed by atoms with E-state index in [0.717, 1.165) is 19.4 Å². The number of halogens is 2. The van der Waals surface area contributed by atoms with E-state index in [1.807, 2.05) is 0 Å². The van der Waals surface area contributed by atoms with Gasteiger partial charge in [0.05, 0.1) is 10.6 Å². The van der Waals surface area contributed by atoms with E-state index in [1.54, 1.807) is 18.2 Å². The van der Waals surface area contributed by atoms with Gasteiger partial charge in [-0.3, -0.25) is 0 Å². The molecule has 1 aromatic carbocycles. The molecule has 1 fully saturated rings. The van der Waals surface area contributed by atoms with Gasteiger partial charge in [0, 0.05) is 18.2 Å². The molecule has 0 saturated carbocycles. The second-order valence-corrected chi connectivity index (χ2v) is 4.97. The molecule has 1 aromatic rings. The van der Waals surface area contributed by atoms with E-state index in [9.17, 15) is 4.39 Å². The highest BCUT2D eigenvalue weighted by molar-refractivity contribution is 9.10. The van der Waals surface area contributed by atoms with Crippen LogP contribution in [0.5, 0.6) is 0 Å². The van der Waals surface area contributed by atoms with Gasteiger partial charge in [0.15, 0.2) is 0 Å². The summed E-state index contributed by atoms with van der Waals surface area (Å²) in [6, 6.07) is 4.93. The molecule has 0 aliphatic carbocycles. The van der Waals surface area contributed by atoms with Crippen LogP contribution in [0, 0.1) is 5.82 Å². The van der Waals surface area contributed by atoms with Crippen LogP contribution in [0.25, 0.3) is 0 Å². The van der Waals surface area contributed by atoms with Gasteiger partial charge in [-0.2, -0.15) is 0 Å². The van der Waals surface area contributed by atoms with Crippen LogP contribution in [0.4, 0.5) is 4.39 Å². The Morgan fingerprint density at radius 2 is 2.38 bits per heavy atom. The zero-order valence-corrected chi connectivity index (χ0v) is 10.5. The minimum atomic E-state index is -0.291. The quantitative estimate of drug-likeness (QED) is 0.927. The largest absolute Gasteiger partial charge is 0.378 e. The zero-order chi connectivity index (χ0) is 11.5. The first-order valence-electron chi connectivity index (χ1n) is 5.49. The van der Waals surface area contributed by atoms with Gasteiger partial charge >= 0.3 is 0 Å². The van der Waals surface area contributed by atoms with E-state index < -0.39 is 0 Å². The van der Waals surface area contributed by atoms with Crippen molar-refractivity contribution >= 4 is 15.9 Å². The van der Waals surface area contributed by atoms with Crippen molar-refractivity contribution < 1.29 is 9.13 Å². The lowest BCUT2D eigenvalue weighted by Crippen LogP contribution is -2.19. The first-order valence-corrected chi connectivity index (χ1v) is 6.29. The number of rotatable bonds is 3. The van der Waals surface area contributed by atoms with Crippen LogP contribution in [0.15, 0.2) is 22.7 Å². The molecule has 0 radical (unpaired) electrons. The molecule has 0 amide bonds. The summed E-state index contributed by atoms with van der Waals surface area (Å²) >= 11 is 3.17. The third-order valence-electron chi connectivity index (χ3n) is 2.92. The minimum absolute atomic E-state index is 0.188. The lowest BCUT2D eigenvalue weighted by Gasteiger charge is -2.17. The lowest BCUT2D eigenvalue weighted by molar-refractivity contribution is 0.0980. The summed E-state index contributed by atoms with van der Waals surface area (Å²) in [5.41, 5.74) is 6.56. The first kappa shape index (κ1) is 12.0. The van der Waals surface area contributed by atoms with E-state index >= 15 is 0 Å². The Balaban J connectivity index is 2.07. The van der Waals surface area contributed by atoms with Gasteiger partial charge in [0.25, 0.3) is 0 Å². The minimum Gasteiger partial charge on any atom is -0.378 e. The standard InChI is InChI=1S/C12H15BrFNO/c13-10-5-1-4-9(12(10)14)11(15)7-8-3-2-6-16-8/h1,4-5,8,11H,2-3,6-7,15H2. The Labute approximate surface area is 103 Å². The van der Waals surface area contributed by atoms with E-state index in [2.05, 4.69) is 15.9 Å². The van der Waals surface area contributed by atoms with Crippen molar-refractivity contribution in [1.29, 1.82) is 0 Å². The molecule has 2 nitrogen and oxygen atoms in total. The Hall–Kier alpha value is -0.450. The monoisotopic (exact) mass is 287 g/mol. The van der Waals surface area contributed by atoms with E-state index in [4.69, 9.17) is 10.5 Å². The van der Waals surface area contributed by atoms with Crippen LogP contribution in [0.3, 0.4) is 0 Å². The predicted octanol–water partition coefficient (Wildman–Crippen LogP) is 3.16. The molecule has 1 aliphatic rings. The molecular weight excluding hydrogens is 273 g/mol. The molecule has 0 bridgehead atoms. The smallest absolute Gasteiger partial charge is 0.142 e. The van der Waals surface area contributed by atoms with Crippen molar-refractivity contribution in [3.63, 3.8) is 0 Å². The van der Waals surface area contributed by atoms with Crippen molar-refractivity contribution in [1.82, 2.24) is 0 Å². The average Bonchev–Trinajstić information content (AvgIpc) is 2.74. The van der Waals surface area contributed by atoms with E-state index in [-0.39, 0.29) is 18.0 Å². The normalized spacial score (nSPS) is 22.3. The van der Waals surface area contributed by atoms with Gasteiger partial charge in [-0.05, 0) is 41.3 Å². The third kappa shape index (κ3) is 2.62. The summed E-state index contributed by atoms with van der Waals surface area (Å²) in [4.78, 5) is 0. The number of nitrogens with two attached hydrogens (primary N) is 1. The van der Waals surface area contributed by atoms with Crippen molar-refractivity contribution in [3.8, 4) is 0 Å². The highest BCUT2D eigenvalue weighted by Crippen LogP contribution is 2.27. The molecule has 1 saturated heterocycles. The second kappa shape index (κ2) is 5.25. The molecular formula is C12H15BrFNO. The summed E-state index contributed by atoms with van der Waals surface area (Å²) in [5.74, 6) is -0.256. The molecule has 2 atom stereocenters. The maximum absolute atomic E-state index is 13.8. The predicted molar refractivity (Wildman–Crippen MR) is 64.6 cm³/mol. The molecule has 16 heavy (non-hydrogen) atoms. The molecule has 0 spiro atoms. The second-order valence-electron chi connectivity index (χ2n) is 4.12. The average molecular weight is 288 g/mol. The highest BCUT2D eigenvalue weighted by atomic mass is 79.9. The van der Waals surface area contributed by atoms with Gasteiger partial charge in [0.2, 0.25) is 0 Å². The van der Waals surface area contributed by atoms with Gasteiger partial charge in [-0.1, -0.05) is 12.1 Å². The SMILES string of the molecule is NC(CC1CCCO1)c1cccc(Br)c1F. The summed E-state index contributed by atoms with van der Waals surface area (Å²) in [6.45, 7) is 0.804. The Morgan fingerprint density at radius 1 is 1.56 bits per heavy atom. The Morgan fingerprint density at radius 3 is 3.06 bits per heavy atom. The van der Waals surface area contributed by atoms with Crippen LogP contribution in [0.1, 0.15) is 30.9 Å². The third-order valence-corrected chi connectivity index (χ3v) is 3.53. The zero-order valence-electron chi connectivity index (χ0n) is 8.96. The fourth-order valence-corrected chi connectivity index (χ4v) is 2.43. The van der Waals surface area contributed by atoms with Crippen LogP contribution >= 0.6 is 15.9 Å². The summed E-state index contributed by atoms with van der Waals surface area (Å²) < 4.78 is 19.7. The maximum Gasteiger partial charge on any atom is 0.142 e. The molecule has 2 rings (SSSR count). The maximum atomic E-state index is 13.8. The molecule has 4 heteroatoms. The first-order chi connectivity index (χ1) is 7.68. The van der Waals surface area contributed by atoms with Crippen molar-refractivity contribution in [2.24, 2.45) is 5.73 Å². The molecule has 88 valence electrons. The van der Waals surface area contributed by atoms with Crippen LogP contribution in [-0.4, -0.2) is 12.7 Å². The fraction of sp³-hybridized carbons (Fsp3) is 0.500. The van der Waals surface area contributed by atoms with Crippen molar-refractivity contribution in [3.05, 3.63) is 34.1 Å². The lowest BCUT2D eigenvalue weighted by atomic mass is 10.00. The molecule has 1 heterocycles. The molecule has 2 N–H and O–H groups in total. The number of hydrogen-bond donors (Lipinski definition) is 1. The van der Waals surface area contributed by atoms with Crippen LogP contribution in [0.2, 0.25) is 0 Å². The van der Waals surface area contributed by atoms with Gasteiger partial charge in [-0.15, -0.1) is 0 Å². The van der Waals surface area contributed by atoms with Crippen LogP contribution < -0.4 is 5.73 Å². The Bertz CT molecular complexity index is 366. The van der Waals surface area contributed by atoms with Crippen molar-refractivity contribution in [2.45, 2.75) is 31.4 Å². The summed E-state index contributed by atoms with van der Waals surface area (Å²) in [7, 11) is 0.